The van der Waals surface area contributed by atoms with Crippen LogP contribution in [0.4, 0.5) is 10.5 Å². The van der Waals surface area contributed by atoms with E-state index < -0.39 is 17.8 Å². The van der Waals surface area contributed by atoms with Crippen molar-refractivity contribution in [2.45, 2.75) is 6.54 Å². The number of hydrogen-bond acceptors (Lipinski definition) is 4. The topological polar surface area (TPSA) is 80.6 Å². The molecular weight excluding hydrogens is 430 g/mol. The molecule has 0 aliphatic carbocycles. The molecule has 7 heteroatoms. The van der Waals surface area contributed by atoms with E-state index >= 15 is 0 Å². The highest BCUT2D eigenvalue weighted by molar-refractivity contribution is 6.39. The number of para-hydroxylation sites is 1. The SMILES string of the molecule is COc1cccc(N2C(=O)NC(=O)/C(=C\c3cn(Cc4ccccc4)c4ccccc34)C2=O)c1. The standard InChI is InChI=1S/C27H21N3O4/c1-34-21-11-7-10-20(15-21)30-26(32)23(25(31)28-27(30)33)14-19-17-29(16-18-8-3-2-4-9-18)24-13-6-5-12-22(19)24/h2-15,17H,16H2,1H3,(H,28,31,33)/b23-14+. The molecule has 4 amide bonds. The van der Waals surface area contributed by atoms with Crippen molar-refractivity contribution in [3.63, 3.8) is 0 Å². The molecule has 168 valence electrons. The lowest BCUT2D eigenvalue weighted by atomic mass is 10.1. The zero-order chi connectivity index (χ0) is 23.7. The van der Waals surface area contributed by atoms with Crippen molar-refractivity contribution in [2.24, 2.45) is 0 Å². The Labute approximate surface area is 195 Å². The van der Waals surface area contributed by atoms with Gasteiger partial charge in [0.25, 0.3) is 11.8 Å². The number of hydrogen-bond donors (Lipinski definition) is 1. The zero-order valence-corrected chi connectivity index (χ0v) is 18.4. The van der Waals surface area contributed by atoms with Crippen molar-refractivity contribution in [1.82, 2.24) is 9.88 Å². The van der Waals surface area contributed by atoms with Crippen LogP contribution >= 0.6 is 0 Å². The highest BCUT2D eigenvalue weighted by atomic mass is 16.5. The molecule has 1 aliphatic rings. The third-order valence-electron chi connectivity index (χ3n) is 5.73. The average molecular weight is 451 g/mol. The van der Waals surface area contributed by atoms with Crippen LogP contribution in [0.2, 0.25) is 0 Å². The first kappa shape index (κ1) is 21.2. The Morgan fingerprint density at radius 2 is 1.68 bits per heavy atom. The predicted octanol–water partition coefficient (Wildman–Crippen LogP) is 4.36. The number of rotatable bonds is 5. The Balaban J connectivity index is 1.57. The molecule has 3 aromatic carbocycles. The highest BCUT2D eigenvalue weighted by Crippen LogP contribution is 2.28. The van der Waals surface area contributed by atoms with Crippen LogP contribution in [0.3, 0.4) is 0 Å². The Kier molecular flexibility index (Phi) is 5.43. The molecule has 1 saturated heterocycles. The van der Waals surface area contributed by atoms with Crippen molar-refractivity contribution < 1.29 is 19.1 Å². The lowest BCUT2D eigenvalue weighted by molar-refractivity contribution is -0.122. The lowest BCUT2D eigenvalue weighted by Gasteiger charge is -2.26. The molecule has 1 aromatic heterocycles. The van der Waals surface area contributed by atoms with Gasteiger partial charge in [-0.05, 0) is 29.8 Å². The van der Waals surface area contributed by atoms with Gasteiger partial charge in [0.15, 0.2) is 0 Å². The number of nitrogens with zero attached hydrogens (tertiary/aromatic N) is 2. The number of aromatic nitrogens is 1. The van der Waals surface area contributed by atoms with Gasteiger partial charge in [-0.25, -0.2) is 9.69 Å². The van der Waals surface area contributed by atoms with Gasteiger partial charge in [0.1, 0.15) is 11.3 Å². The van der Waals surface area contributed by atoms with Gasteiger partial charge in [-0.15, -0.1) is 0 Å². The molecule has 1 N–H and O–H groups in total. The van der Waals surface area contributed by atoms with Gasteiger partial charge in [-0.1, -0.05) is 54.6 Å². The van der Waals surface area contributed by atoms with E-state index in [9.17, 15) is 14.4 Å². The molecule has 0 bridgehead atoms. The number of barbiturate groups is 1. The van der Waals surface area contributed by atoms with Gasteiger partial charge in [0.2, 0.25) is 0 Å². The molecule has 1 fully saturated rings. The predicted molar refractivity (Wildman–Crippen MR) is 129 cm³/mol. The maximum atomic E-state index is 13.3. The van der Waals surface area contributed by atoms with Gasteiger partial charge in [-0.3, -0.25) is 14.9 Å². The van der Waals surface area contributed by atoms with Crippen LogP contribution in [-0.2, 0) is 16.1 Å². The summed E-state index contributed by atoms with van der Waals surface area (Å²) in [5, 5.41) is 3.17. The van der Waals surface area contributed by atoms with Crippen LogP contribution < -0.4 is 15.0 Å². The van der Waals surface area contributed by atoms with E-state index in [1.807, 2.05) is 60.8 Å². The minimum atomic E-state index is -0.799. The fourth-order valence-corrected chi connectivity index (χ4v) is 4.10. The number of methoxy groups -OCH3 is 1. The van der Waals surface area contributed by atoms with Crippen LogP contribution in [0, 0.1) is 0 Å². The molecule has 0 radical (unpaired) electrons. The summed E-state index contributed by atoms with van der Waals surface area (Å²) in [7, 11) is 1.50. The second kappa shape index (κ2) is 8.71. The van der Waals surface area contributed by atoms with E-state index in [1.54, 1.807) is 30.3 Å². The van der Waals surface area contributed by atoms with Crippen LogP contribution in [0.15, 0.2) is 90.6 Å². The molecule has 7 nitrogen and oxygen atoms in total. The number of benzene rings is 3. The minimum Gasteiger partial charge on any atom is -0.497 e. The maximum Gasteiger partial charge on any atom is 0.335 e. The van der Waals surface area contributed by atoms with Crippen LogP contribution in [-0.4, -0.2) is 29.5 Å². The number of nitrogens with one attached hydrogen (secondary N) is 1. The molecule has 34 heavy (non-hydrogen) atoms. The summed E-state index contributed by atoms with van der Waals surface area (Å²) >= 11 is 0. The molecule has 1 aliphatic heterocycles. The summed E-state index contributed by atoms with van der Waals surface area (Å²) < 4.78 is 7.28. The molecule has 0 atom stereocenters. The first-order chi connectivity index (χ1) is 16.5. The van der Waals surface area contributed by atoms with E-state index in [1.165, 1.54) is 7.11 Å². The number of fused-ring (bicyclic) bond motifs is 1. The van der Waals surface area contributed by atoms with Gasteiger partial charge in [0, 0.05) is 35.3 Å². The van der Waals surface area contributed by atoms with Crippen LogP contribution in [0.25, 0.3) is 17.0 Å². The largest absolute Gasteiger partial charge is 0.497 e. The van der Waals surface area contributed by atoms with Crippen LogP contribution in [0.5, 0.6) is 5.75 Å². The third kappa shape index (κ3) is 3.84. The van der Waals surface area contributed by atoms with Gasteiger partial charge in [0.05, 0.1) is 12.8 Å². The van der Waals surface area contributed by atoms with E-state index in [0.717, 1.165) is 21.4 Å². The maximum absolute atomic E-state index is 13.3. The summed E-state index contributed by atoms with van der Waals surface area (Å²) in [6, 6.07) is 23.6. The number of amides is 4. The lowest BCUT2D eigenvalue weighted by Crippen LogP contribution is -2.54. The van der Waals surface area contributed by atoms with E-state index in [2.05, 4.69) is 9.88 Å². The summed E-state index contributed by atoms with van der Waals surface area (Å²) in [4.78, 5) is 39.5. The summed E-state index contributed by atoms with van der Waals surface area (Å²) in [5.41, 5.74) is 3.01. The quantitative estimate of drug-likeness (QED) is 0.361. The van der Waals surface area contributed by atoms with Crippen LogP contribution in [0.1, 0.15) is 11.1 Å². The molecule has 0 saturated carbocycles. The molecule has 4 aromatic rings. The number of ether oxygens (including phenoxy) is 1. The second-order valence-corrected chi connectivity index (χ2v) is 7.87. The summed E-state index contributed by atoms with van der Waals surface area (Å²) in [5.74, 6) is -0.930. The molecule has 2 heterocycles. The molecule has 0 unspecified atom stereocenters. The number of carbonyl (C=O) groups excluding carboxylic acids is 3. The first-order valence-corrected chi connectivity index (χ1v) is 10.7. The fourth-order valence-electron chi connectivity index (χ4n) is 4.10. The summed E-state index contributed by atoms with van der Waals surface area (Å²) in [6.45, 7) is 0.638. The number of urea groups is 1. The number of anilines is 1. The third-order valence-corrected chi connectivity index (χ3v) is 5.73. The fraction of sp³-hybridized carbons (Fsp3) is 0.0741. The summed E-state index contributed by atoms with van der Waals surface area (Å²) in [6.07, 6.45) is 3.46. The molecule has 0 spiro atoms. The molecule has 5 rings (SSSR count). The van der Waals surface area contributed by atoms with Crippen molar-refractivity contribution in [2.75, 3.05) is 12.0 Å². The van der Waals surface area contributed by atoms with Crippen molar-refractivity contribution in [3.05, 3.63) is 102 Å². The van der Waals surface area contributed by atoms with Gasteiger partial charge >= 0.3 is 6.03 Å². The smallest absolute Gasteiger partial charge is 0.335 e. The Morgan fingerprint density at radius 3 is 2.47 bits per heavy atom. The van der Waals surface area contributed by atoms with E-state index in [4.69, 9.17) is 4.74 Å². The van der Waals surface area contributed by atoms with Crippen molar-refractivity contribution >= 4 is 40.5 Å². The van der Waals surface area contributed by atoms with Crippen molar-refractivity contribution in [1.29, 1.82) is 0 Å². The minimum absolute atomic E-state index is 0.120. The number of carbonyl (C=O) groups is 3. The van der Waals surface area contributed by atoms with Gasteiger partial charge < -0.3 is 9.30 Å². The second-order valence-electron chi connectivity index (χ2n) is 7.87. The highest BCUT2D eigenvalue weighted by Gasteiger charge is 2.37. The Morgan fingerprint density at radius 1 is 0.912 bits per heavy atom. The Bertz CT molecular complexity index is 1450. The van der Waals surface area contributed by atoms with Gasteiger partial charge in [-0.2, -0.15) is 0 Å². The Hall–Kier alpha value is -4.65. The molecular formula is C27H21N3O4. The zero-order valence-electron chi connectivity index (χ0n) is 18.4. The van der Waals surface area contributed by atoms with E-state index in [0.29, 0.717) is 23.5 Å². The first-order valence-electron chi connectivity index (χ1n) is 10.7. The monoisotopic (exact) mass is 451 g/mol. The van der Waals surface area contributed by atoms with E-state index in [-0.39, 0.29) is 5.57 Å². The average Bonchev–Trinajstić information content (AvgIpc) is 3.19. The normalized spacial score (nSPS) is 15.1. The number of imide groups is 2. The van der Waals surface area contributed by atoms with Crippen molar-refractivity contribution in [3.8, 4) is 5.75 Å².